The van der Waals surface area contributed by atoms with Gasteiger partial charge in [-0.1, -0.05) is 35.9 Å². The molecule has 3 rings (SSSR count). The number of carbonyl (C=O) groups excluding carboxylic acids is 1. The Bertz CT molecular complexity index is 950. The lowest BCUT2D eigenvalue weighted by Gasteiger charge is -2.33. The van der Waals surface area contributed by atoms with Crippen LogP contribution in [0.4, 0.5) is 28.2 Å². The molecule has 1 atom stereocenters. The molecular weight excluding hydrogens is 390 g/mol. The maximum Gasteiger partial charge on any atom is 0.419 e. The molecule has 0 aliphatic carbocycles. The molecule has 156 valence electrons. The summed E-state index contributed by atoms with van der Waals surface area (Å²) >= 11 is 0. The number of benzene rings is 1. The summed E-state index contributed by atoms with van der Waals surface area (Å²) < 4.78 is 58.1. The van der Waals surface area contributed by atoms with Crippen molar-refractivity contribution in [1.29, 1.82) is 0 Å². The first-order valence-electron chi connectivity index (χ1n) is 9.13. The molecule has 1 unspecified atom stereocenters. The van der Waals surface area contributed by atoms with Crippen LogP contribution in [-0.2, 0) is 6.18 Å². The largest absolute Gasteiger partial charge is 0.419 e. The predicted octanol–water partition coefficient (Wildman–Crippen LogP) is 5.41. The van der Waals surface area contributed by atoms with E-state index in [2.05, 4.69) is 10.5 Å². The minimum Gasteiger partial charge on any atom is -0.338 e. The highest BCUT2D eigenvalue weighted by molar-refractivity contribution is 5.88. The van der Waals surface area contributed by atoms with Gasteiger partial charge in [-0.25, -0.2) is 9.18 Å². The molecule has 2 aromatic rings. The number of anilines is 1. The highest BCUT2D eigenvalue weighted by atomic mass is 19.4. The fraction of sp³-hybridized carbons (Fsp3) is 0.400. The number of carbonyl (C=O) groups is 1. The van der Waals surface area contributed by atoms with Crippen molar-refractivity contribution in [1.82, 2.24) is 10.1 Å². The summed E-state index contributed by atoms with van der Waals surface area (Å²) in [6.45, 7) is 6.10. The molecule has 1 saturated heterocycles. The van der Waals surface area contributed by atoms with Crippen LogP contribution >= 0.6 is 0 Å². The van der Waals surface area contributed by atoms with Crippen LogP contribution in [0.25, 0.3) is 6.08 Å². The third kappa shape index (κ3) is 4.44. The van der Waals surface area contributed by atoms with Crippen LogP contribution in [-0.4, -0.2) is 29.2 Å². The topological polar surface area (TPSA) is 58.4 Å². The molecule has 1 aromatic carbocycles. The zero-order valence-corrected chi connectivity index (χ0v) is 16.2. The van der Waals surface area contributed by atoms with Crippen molar-refractivity contribution >= 4 is 18.0 Å². The predicted molar refractivity (Wildman–Crippen MR) is 99.7 cm³/mol. The van der Waals surface area contributed by atoms with Gasteiger partial charge in [0.1, 0.15) is 5.82 Å². The normalized spacial score (nSPS) is 18.9. The van der Waals surface area contributed by atoms with Gasteiger partial charge in [-0.05, 0) is 32.3 Å². The Hall–Kier alpha value is -2.84. The summed E-state index contributed by atoms with van der Waals surface area (Å²) in [5.41, 5.74) is 0.824. The Labute approximate surface area is 165 Å². The van der Waals surface area contributed by atoms with E-state index in [0.29, 0.717) is 25.2 Å². The van der Waals surface area contributed by atoms with E-state index in [-0.39, 0.29) is 23.4 Å². The molecule has 1 fully saturated rings. The van der Waals surface area contributed by atoms with Gasteiger partial charge in [0, 0.05) is 24.2 Å². The van der Waals surface area contributed by atoms with E-state index in [0.717, 1.165) is 17.2 Å². The molecule has 1 aromatic heterocycles. The molecule has 5 nitrogen and oxygen atoms in total. The number of nitrogens with zero attached hydrogens (tertiary/aromatic N) is 2. The summed E-state index contributed by atoms with van der Waals surface area (Å²) in [7, 11) is 0. The van der Waals surface area contributed by atoms with Gasteiger partial charge in [0.15, 0.2) is 0 Å². The quantitative estimate of drug-likeness (QED) is 0.673. The molecule has 1 N–H and O–H groups in total. The number of aromatic nitrogens is 1. The molecule has 0 radical (unpaired) electrons. The second-order valence-corrected chi connectivity index (χ2v) is 7.18. The van der Waals surface area contributed by atoms with Crippen LogP contribution < -0.4 is 5.32 Å². The van der Waals surface area contributed by atoms with Crippen molar-refractivity contribution in [2.45, 2.75) is 33.4 Å². The molecule has 0 bridgehead atoms. The summed E-state index contributed by atoms with van der Waals surface area (Å²) in [6.07, 6.45) is -2.87. The van der Waals surface area contributed by atoms with Crippen molar-refractivity contribution < 1.29 is 26.9 Å². The van der Waals surface area contributed by atoms with Crippen LogP contribution in [0.3, 0.4) is 0 Å². The van der Waals surface area contributed by atoms with Crippen molar-refractivity contribution in [2.75, 3.05) is 18.4 Å². The fourth-order valence-corrected chi connectivity index (χ4v) is 3.24. The molecule has 29 heavy (non-hydrogen) atoms. The molecule has 9 heteroatoms. The molecule has 0 spiro atoms. The van der Waals surface area contributed by atoms with E-state index in [4.69, 9.17) is 4.52 Å². The van der Waals surface area contributed by atoms with Gasteiger partial charge in [-0.2, -0.15) is 13.2 Å². The van der Waals surface area contributed by atoms with Crippen molar-refractivity contribution in [3.8, 4) is 0 Å². The second kappa shape index (κ2) is 7.88. The van der Waals surface area contributed by atoms with Crippen LogP contribution in [0.15, 0.2) is 28.3 Å². The lowest BCUT2D eigenvalue weighted by Crippen LogP contribution is -2.42. The van der Waals surface area contributed by atoms with Gasteiger partial charge in [-0.3, -0.25) is 5.32 Å². The van der Waals surface area contributed by atoms with Crippen LogP contribution in [0.1, 0.15) is 35.7 Å². The summed E-state index contributed by atoms with van der Waals surface area (Å²) in [4.78, 5) is 14.1. The van der Waals surface area contributed by atoms with Crippen molar-refractivity contribution in [3.05, 3.63) is 52.0 Å². The number of alkyl halides is 3. The summed E-state index contributed by atoms with van der Waals surface area (Å²) in [5.74, 6) is -1.13. The smallest absolute Gasteiger partial charge is 0.338 e. The first kappa shape index (κ1) is 20.9. The van der Waals surface area contributed by atoms with Gasteiger partial charge in [0.25, 0.3) is 0 Å². The third-order valence-electron chi connectivity index (χ3n) is 5.14. The maximum atomic E-state index is 14.3. The van der Waals surface area contributed by atoms with Crippen LogP contribution in [0.5, 0.6) is 0 Å². The van der Waals surface area contributed by atoms with Gasteiger partial charge >= 0.3 is 12.2 Å². The number of amides is 2. The number of urea groups is 1. The Morgan fingerprint density at radius 2 is 2.07 bits per heavy atom. The number of hydrogen-bond acceptors (Lipinski definition) is 3. The van der Waals surface area contributed by atoms with Crippen LogP contribution in [0, 0.1) is 25.6 Å². The van der Waals surface area contributed by atoms with Gasteiger partial charge < -0.3 is 9.42 Å². The van der Waals surface area contributed by atoms with Gasteiger partial charge in [0.2, 0.25) is 5.88 Å². The van der Waals surface area contributed by atoms with Gasteiger partial charge in [0.05, 0.1) is 11.3 Å². The minimum atomic E-state index is -4.75. The summed E-state index contributed by atoms with van der Waals surface area (Å²) in [6, 6.07) is 2.88. The van der Waals surface area contributed by atoms with E-state index in [1.54, 1.807) is 18.7 Å². The van der Waals surface area contributed by atoms with E-state index >= 15 is 0 Å². The standard InChI is InChI=1S/C20H21F4N3O2/c1-11-10-27(19(28)25-18-12(2)13(3)26-29-18)8-7-14(11)9-15-5-4-6-16(17(15)21)20(22,23)24/h4-6,9,11H,7-8,10H2,1-3H3,(H,25,28). The number of hydrogen-bond donors (Lipinski definition) is 1. The first-order chi connectivity index (χ1) is 13.6. The lowest BCUT2D eigenvalue weighted by atomic mass is 9.91. The van der Waals surface area contributed by atoms with E-state index in [1.165, 1.54) is 18.2 Å². The second-order valence-electron chi connectivity index (χ2n) is 7.18. The Kier molecular flexibility index (Phi) is 5.68. The van der Waals surface area contributed by atoms with Crippen LogP contribution in [0.2, 0.25) is 0 Å². The van der Waals surface area contributed by atoms with E-state index in [9.17, 15) is 22.4 Å². The molecule has 0 saturated carbocycles. The Morgan fingerprint density at radius 3 is 2.66 bits per heavy atom. The Balaban J connectivity index is 1.72. The number of rotatable bonds is 2. The SMILES string of the molecule is Cc1noc(NC(=O)N2CCC(=Cc3cccc(C(F)(F)F)c3F)C(C)C2)c1C. The zero-order chi connectivity index (χ0) is 21.3. The fourth-order valence-electron chi connectivity index (χ4n) is 3.24. The lowest BCUT2D eigenvalue weighted by molar-refractivity contribution is -0.140. The third-order valence-corrected chi connectivity index (χ3v) is 5.14. The molecule has 1 aliphatic rings. The monoisotopic (exact) mass is 411 g/mol. The number of likely N-dealkylation sites (tertiary alicyclic amines) is 1. The molecule has 2 heterocycles. The number of piperidine rings is 1. The summed E-state index contributed by atoms with van der Waals surface area (Å²) in [5, 5.41) is 6.46. The van der Waals surface area contributed by atoms with E-state index < -0.39 is 17.6 Å². The Morgan fingerprint density at radius 1 is 1.34 bits per heavy atom. The van der Waals surface area contributed by atoms with Crippen molar-refractivity contribution in [2.24, 2.45) is 5.92 Å². The highest BCUT2D eigenvalue weighted by Crippen LogP contribution is 2.34. The minimum absolute atomic E-state index is 0.104. The number of halogens is 4. The zero-order valence-electron chi connectivity index (χ0n) is 16.2. The van der Waals surface area contributed by atoms with E-state index in [1.807, 2.05) is 6.92 Å². The number of aryl methyl sites for hydroxylation is 1. The maximum absolute atomic E-state index is 14.3. The molecule has 2 amide bonds. The van der Waals surface area contributed by atoms with Crippen molar-refractivity contribution in [3.63, 3.8) is 0 Å². The number of nitrogens with one attached hydrogen (secondary N) is 1. The van der Waals surface area contributed by atoms with Gasteiger partial charge in [-0.15, -0.1) is 0 Å². The molecule has 1 aliphatic heterocycles. The molecular formula is C20H21F4N3O2. The first-order valence-corrected chi connectivity index (χ1v) is 9.13. The average Bonchev–Trinajstić information content (AvgIpc) is 2.96. The average molecular weight is 411 g/mol. The highest BCUT2D eigenvalue weighted by Gasteiger charge is 2.35.